The normalized spacial score (nSPS) is 12.2. The van der Waals surface area contributed by atoms with Crippen LogP contribution in [0.15, 0.2) is 11.6 Å². The molecule has 0 aromatic rings. The highest BCUT2D eigenvalue weighted by molar-refractivity contribution is 4.91. The monoisotopic (exact) mass is 85.1 g/mol. The first-order chi connectivity index (χ1) is 2.77. The lowest BCUT2D eigenvalue weighted by atomic mass is 10.1. The summed E-state index contributed by atoms with van der Waals surface area (Å²) in [6, 6.07) is 0. The van der Waals surface area contributed by atoms with E-state index in [0.29, 0.717) is 0 Å². The van der Waals surface area contributed by atoms with E-state index in [-0.39, 0.29) is 6.61 Å². The van der Waals surface area contributed by atoms with Crippen LogP contribution in [0.1, 0.15) is 13.8 Å². The van der Waals surface area contributed by atoms with Gasteiger partial charge in [-0.3, -0.25) is 0 Å². The van der Waals surface area contributed by atoms with Gasteiger partial charge in [0.1, 0.15) is 0 Å². The smallest absolute Gasteiger partial charge is 0.0614 e. The Bertz CT molecular complexity index is 51.0. The van der Waals surface area contributed by atoms with Gasteiger partial charge in [0.25, 0.3) is 0 Å². The Morgan fingerprint density at radius 3 is 2.17 bits per heavy atom. The second-order valence-electron chi connectivity index (χ2n) is 1.46. The van der Waals surface area contributed by atoms with Gasteiger partial charge >= 0.3 is 0 Å². The molecule has 1 nitrogen and oxygen atoms in total. The van der Waals surface area contributed by atoms with Crippen LogP contribution in [0.5, 0.6) is 0 Å². The minimum atomic E-state index is 0.169. The van der Waals surface area contributed by atoms with Crippen molar-refractivity contribution in [3.63, 3.8) is 0 Å². The van der Waals surface area contributed by atoms with Gasteiger partial charge in [0.15, 0.2) is 0 Å². The molecule has 0 radical (unpaired) electrons. The minimum absolute atomic E-state index is 0.169. The highest BCUT2D eigenvalue weighted by atomic mass is 16.2. The van der Waals surface area contributed by atoms with Crippen molar-refractivity contribution in [2.75, 3.05) is 6.61 Å². The zero-order valence-electron chi connectivity index (χ0n) is 4.23. The molecule has 0 aliphatic rings. The molecule has 6 heavy (non-hydrogen) atoms. The number of allylic oxidation sites excluding steroid dienone is 1. The third-order valence-corrected chi connectivity index (χ3v) is 0.500. The fourth-order valence-electron chi connectivity index (χ4n) is 0.183. The van der Waals surface area contributed by atoms with Gasteiger partial charge in [-0.05, 0) is 13.8 Å². The van der Waals surface area contributed by atoms with Gasteiger partial charge in [-0.2, -0.15) is 0 Å². The van der Waals surface area contributed by atoms with Crippen LogP contribution >= 0.6 is 0 Å². The van der Waals surface area contributed by atoms with E-state index >= 15 is 0 Å². The Balaban J connectivity index is 3.14. The Morgan fingerprint density at radius 2 is 2.17 bits per heavy atom. The molecule has 0 aliphatic carbocycles. The van der Waals surface area contributed by atoms with Gasteiger partial charge in [-0.15, -0.1) is 0 Å². The van der Waals surface area contributed by atoms with E-state index in [2.05, 4.69) is 0 Å². The lowest BCUT2D eigenvalue weighted by molar-refractivity contribution is 0.342. The van der Waals surface area contributed by atoms with Gasteiger partial charge in [0, 0.05) is 0 Å². The second-order valence-corrected chi connectivity index (χ2v) is 1.46. The number of hydrogen-bond acceptors (Lipinski definition) is 1. The van der Waals surface area contributed by atoms with Crippen molar-refractivity contribution in [3.05, 3.63) is 11.6 Å². The fourth-order valence-corrected chi connectivity index (χ4v) is 0.183. The van der Waals surface area contributed by atoms with Crippen LogP contribution in [-0.2, 0) is 0 Å². The van der Waals surface area contributed by atoms with E-state index in [9.17, 15) is 0 Å². The van der Waals surface area contributed by atoms with Crippen LogP contribution in [0.2, 0.25) is 0 Å². The van der Waals surface area contributed by atoms with Crippen molar-refractivity contribution < 1.29 is 5.11 Å². The van der Waals surface area contributed by atoms with Crippen molar-refractivity contribution in [2.24, 2.45) is 0 Å². The SMILES string of the molecule is C/C([11CH3])=C/CO. The number of aliphatic hydroxyl groups is 1. The first-order valence-corrected chi connectivity index (χ1v) is 2.01. The molecule has 0 rings (SSSR count). The van der Waals surface area contributed by atoms with Gasteiger partial charge in [0.05, 0.1) is 6.61 Å². The zero-order valence-corrected chi connectivity index (χ0v) is 4.23. The van der Waals surface area contributed by atoms with Crippen molar-refractivity contribution in [1.82, 2.24) is 0 Å². The van der Waals surface area contributed by atoms with Crippen molar-refractivity contribution in [3.8, 4) is 0 Å². The molecule has 0 aromatic heterocycles. The van der Waals surface area contributed by atoms with Crippen LogP contribution in [0.3, 0.4) is 0 Å². The first-order valence-electron chi connectivity index (χ1n) is 2.01. The molecule has 1 heteroatoms. The molecule has 0 atom stereocenters. The molecule has 0 aliphatic heterocycles. The summed E-state index contributed by atoms with van der Waals surface area (Å²) >= 11 is 0. The molecule has 0 amide bonds. The quantitative estimate of drug-likeness (QED) is 0.470. The second kappa shape index (κ2) is 2.91. The van der Waals surface area contributed by atoms with Gasteiger partial charge in [-0.1, -0.05) is 11.6 Å². The van der Waals surface area contributed by atoms with E-state index in [1.54, 1.807) is 6.08 Å². The third kappa shape index (κ3) is 3.70. The standard InChI is InChI=1S/C5H10O/c1-5(2)3-4-6/h3,6H,4H2,1-2H3/i1-1/b5-3+. The van der Waals surface area contributed by atoms with Crippen LogP contribution in [0, 0.1) is 0 Å². The maximum Gasteiger partial charge on any atom is 0.0614 e. The molecule has 1 N–H and O–H groups in total. The van der Waals surface area contributed by atoms with E-state index < -0.39 is 0 Å². The number of rotatable bonds is 1. The van der Waals surface area contributed by atoms with E-state index in [0.717, 1.165) is 5.57 Å². The topological polar surface area (TPSA) is 20.2 Å². The molecule has 0 heterocycles. The summed E-state index contributed by atoms with van der Waals surface area (Å²) in [6.07, 6.45) is 1.76. The molecular weight excluding hydrogens is 75.1 g/mol. The Kier molecular flexibility index (Phi) is 2.77. The average molecular weight is 85.1 g/mol. The largest absolute Gasteiger partial charge is 0.392 e. The predicted molar refractivity (Wildman–Crippen MR) is 26.5 cm³/mol. The number of hydrogen-bond donors (Lipinski definition) is 1. The fraction of sp³-hybridized carbons (Fsp3) is 0.600. The summed E-state index contributed by atoms with van der Waals surface area (Å²) in [5.41, 5.74) is 1.16. The molecule has 0 saturated carbocycles. The van der Waals surface area contributed by atoms with Crippen LogP contribution < -0.4 is 0 Å². The van der Waals surface area contributed by atoms with Crippen LogP contribution in [-0.4, -0.2) is 11.7 Å². The summed E-state index contributed by atoms with van der Waals surface area (Å²) in [5.74, 6) is 0. The Hall–Kier alpha value is -0.300. The molecule has 0 bridgehead atoms. The summed E-state index contributed by atoms with van der Waals surface area (Å²) < 4.78 is 0. The Morgan fingerprint density at radius 1 is 1.67 bits per heavy atom. The van der Waals surface area contributed by atoms with Crippen molar-refractivity contribution in [2.45, 2.75) is 13.8 Å². The summed E-state index contributed by atoms with van der Waals surface area (Å²) in [5, 5.41) is 8.16. The summed E-state index contributed by atoms with van der Waals surface area (Å²) in [6.45, 7) is 4.08. The summed E-state index contributed by atoms with van der Waals surface area (Å²) in [7, 11) is 0. The zero-order chi connectivity index (χ0) is 4.99. The van der Waals surface area contributed by atoms with Gasteiger partial charge in [-0.25, -0.2) is 0 Å². The third-order valence-electron chi connectivity index (χ3n) is 0.500. The molecule has 0 saturated heterocycles. The molecule has 0 aromatic carbocycles. The first kappa shape index (κ1) is 5.70. The predicted octanol–water partition coefficient (Wildman–Crippen LogP) is 0.945. The molecule has 0 unspecified atom stereocenters. The van der Waals surface area contributed by atoms with Crippen LogP contribution in [0.4, 0.5) is 0 Å². The molecule has 0 fully saturated rings. The van der Waals surface area contributed by atoms with Crippen molar-refractivity contribution in [1.29, 1.82) is 0 Å². The summed E-state index contributed by atoms with van der Waals surface area (Å²) in [4.78, 5) is 0. The molecule has 36 valence electrons. The minimum Gasteiger partial charge on any atom is -0.392 e. The average Bonchev–Trinajstić information content (AvgIpc) is 1.35. The highest BCUT2D eigenvalue weighted by Gasteiger charge is 1.68. The highest BCUT2D eigenvalue weighted by Crippen LogP contribution is 1.83. The number of aliphatic hydroxyl groups excluding tert-OH is 1. The molecular formula is C5H10O. The lowest BCUT2D eigenvalue weighted by Crippen LogP contribution is -1.71. The van der Waals surface area contributed by atoms with Gasteiger partial charge < -0.3 is 5.11 Å². The van der Waals surface area contributed by atoms with Gasteiger partial charge in [0.2, 0.25) is 0 Å². The van der Waals surface area contributed by atoms with E-state index in [1.165, 1.54) is 0 Å². The maximum absolute atomic E-state index is 8.16. The Labute approximate surface area is 38.3 Å². The molecule has 0 spiro atoms. The van der Waals surface area contributed by atoms with E-state index in [1.807, 2.05) is 13.8 Å². The maximum atomic E-state index is 8.16. The van der Waals surface area contributed by atoms with Crippen molar-refractivity contribution >= 4 is 0 Å². The lowest BCUT2D eigenvalue weighted by Gasteiger charge is -1.80. The van der Waals surface area contributed by atoms with E-state index in [4.69, 9.17) is 5.11 Å². The van der Waals surface area contributed by atoms with Crippen LogP contribution in [0.25, 0.3) is 0 Å².